The second kappa shape index (κ2) is 12.5. The lowest BCUT2D eigenvalue weighted by Crippen LogP contribution is -2.39. The monoisotopic (exact) mass is 365 g/mol. The fraction of sp³-hybridized carbons (Fsp3) is 0.650. The van der Waals surface area contributed by atoms with Gasteiger partial charge in [0, 0.05) is 26.7 Å². The molecule has 2 N–H and O–H groups in total. The van der Waals surface area contributed by atoms with Crippen molar-refractivity contribution in [3.05, 3.63) is 29.8 Å². The van der Waals surface area contributed by atoms with Gasteiger partial charge in [-0.15, -0.1) is 0 Å². The van der Waals surface area contributed by atoms with Crippen LogP contribution >= 0.6 is 0 Å². The van der Waals surface area contributed by atoms with Gasteiger partial charge >= 0.3 is 0 Å². The molecule has 0 amide bonds. The Morgan fingerprint density at radius 1 is 1.19 bits per heavy atom. The van der Waals surface area contributed by atoms with Crippen molar-refractivity contribution in [1.82, 2.24) is 10.2 Å². The van der Waals surface area contributed by atoms with Gasteiger partial charge in [0.15, 0.2) is 5.96 Å². The summed E-state index contributed by atoms with van der Waals surface area (Å²) in [5.74, 6) is 2.11. The first kappa shape index (κ1) is 22.3. The quantitative estimate of drug-likeness (QED) is 0.466. The summed E-state index contributed by atoms with van der Waals surface area (Å²) in [5.41, 5.74) is 1.17. The first-order valence-electron chi connectivity index (χ1n) is 9.43. The van der Waals surface area contributed by atoms with E-state index in [0.29, 0.717) is 32.3 Å². The molecule has 1 rings (SSSR count). The third-order valence-electron chi connectivity index (χ3n) is 3.56. The Hall–Kier alpha value is -1.79. The molecule has 1 aromatic rings. The summed E-state index contributed by atoms with van der Waals surface area (Å²) in [7, 11) is 1.99. The Kier molecular flexibility index (Phi) is 10.7. The fourth-order valence-corrected chi connectivity index (χ4v) is 2.36. The number of hydrogen-bond acceptors (Lipinski definition) is 4. The molecule has 0 aliphatic rings. The Bertz CT molecular complexity index is 518. The molecule has 0 heterocycles. The Balaban J connectivity index is 2.57. The van der Waals surface area contributed by atoms with Crippen molar-refractivity contribution in [3.8, 4) is 5.75 Å². The second-order valence-corrected chi connectivity index (χ2v) is 6.71. The van der Waals surface area contributed by atoms with Gasteiger partial charge in [-0.1, -0.05) is 26.0 Å². The summed E-state index contributed by atoms with van der Waals surface area (Å²) < 4.78 is 10.9. The molecule has 1 atom stereocenters. The number of nitrogens with one attached hydrogen (secondary N) is 1. The van der Waals surface area contributed by atoms with E-state index in [0.717, 1.165) is 24.8 Å². The highest BCUT2D eigenvalue weighted by atomic mass is 16.5. The van der Waals surface area contributed by atoms with E-state index in [1.807, 2.05) is 37.9 Å². The molecule has 6 nitrogen and oxygen atoms in total. The van der Waals surface area contributed by atoms with Crippen LogP contribution < -0.4 is 10.1 Å². The van der Waals surface area contributed by atoms with Crippen LogP contribution in [-0.2, 0) is 11.3 Å². The highest BCUT2D eigenvalue weighted by Crippen LogP contribution is 2.13. The molecule has 0 aliphatic carbocycles. The lowest BCUT2D eigenvalue weighted by molar-refractivity contribution is 0.0300. The van der Waals surface area contributed by atoms with E-state index >= 15 is 0 Å². The van der Waals surface area contributed by atoms with Gasteiger partial charge in [0.1, 0.15) is 5.75 Å². The van der Waals surface area contributed by atoms with Crippen molar-refractivity contribution in [1.29, 1.82) is 0 Å². The molecular formula is C20H35N3O3. The Labute approximate surface area is 158 Å². The predicted molar refractivity (Wildman–Crippen MR) is 107 cm³/mol. The molecule has 0 bridgehead atoms. The predicted octanol–water partition coefficient (Wildman–Crippen LogP) is 2.52. The number of aliphatic hydroxyl groups excluding tert-OH is 1. The summed E-state index contributed by atoms with van der Waals surface area (Å²) in [4.78, 5) is 6.57. The van der Waals surface area contributed by atoms with Crippen LogP contribution in [0.25, 0.3) is 0 Å². The summed E-state index contributed by atoms with van der Waals surface area (Å²) in [6.07, 6.45) is -0.596. The zero-order valence-corrected chi connectivity index (χ0v) is 16.9. The topological polar surface area (TPSA) is 66.3 Å². The van der Waals surface area contributed by atoms with Gasteiger partial charge in [0.2, 0.25) is 0 Å². The van der Waals surface area contributed by atoms with Crippen molar-refractivity contribution in [2.75, 3.05) is 40.0 Å². The molecular weight excluding hydrogens is 330 g/mol. The zero-order valence-electron chi connectivity index (χ0n) is 16.9. The Morgan fingerprint density at radius 2 is 1.88 bits per heavy atom. The molecule has 0 fully saturated rings. The third kappa shape index (κ3) is 9.06. The fourth-order valence-electron chi connectivity index (χ4n) is 2.36. The maximum Gasteiger partial charge on any atom is 0.194 e. The molecule has 0 aromatic heterocycles. The zero-order chi connectivity index (χ0) is 19.4. The van der Waals surface area contributed by atoms with Crippen LogP contribution in [0.5, 0.6) is 5.75 Å². The number of guanidine groups is 1. The van der Waals surface area contributed by atoms with Gasteiger partial charge in [-0.25, -0.2) is 0 Å². The maximum absolute atomic E-state index is 10.0. The van der Waals surface area contributed by atoms with Crippen LogP contribution in [0, 0.1) is 5.92 Å². The number of aliphatic hydroxyl groups is 1. The minimum absolute atomic E-state index is 0.309. The minimum Gasteiger partial charge on any atom is -0.494 e. The summed E-state index contributed by atoms with van der Waals surface area (Å²) in [5, 5.41) is 13.3. The number of hydrogen-bond donors (Lipinski definition) is 2. The van der Waals surface area contributed by atoms with Gasteiger partial charge in [-0.05, 0) is 37.5 Å². The first-order valence-corrected chi connectivity index (χ1v) is 9.43. The lowest BCUT2D eigenvalue weighted by Gasteiger charge is -2.23. The summed E-state index contributed by atoms with van der Waals surface area (Å²) in [6.45, 7) is 11.6. The van der Waals surface area contributed by atoms with Crippen molar-refractivity contribution < 1.29 is 14.6 Å². The number of rotatable bonds is 11. The smallest absolute Gasteiger partial charge is 0.194 e. The molecule has 0 saturated carbocycles. The van der Waals surface area contributed by atoms with Crippen LogP contribution in [0.2, 0.25) is 0 Å². The SMILES string of the molecule is CCNC(=NCC(O)COCC(C)C)N(C)Cc1ccc(OCC)cc1. The van der Waals surface area contributed by atoms with E-state index in [1.54, 1.807) is 0 Å². The highest BCUT2D eigenvalue weighted by molar-refractivity contribution is 5.79. The number of nitrogens with zero attached hydrogens (tertiary/aromatic N) is 2. The molecule has 1 unspecified atom stereocenters. The number of aliphatic imine (C=N–C) groups is 1. The standard InChI is InChI=1S/C20H35N3O3/c1-6-21-20(22-12-18(24)15-25-14-16(3)4)23(5)13-17-8-10-19(11-9-17)26-7-2/h8-11,16,18,24H,6-7,12-15H2,1-5H3,(H,21,22). The van der Waals surface area contributed by atoms with E-state index < -0.39 is 6.10 Å². The van der Waals surface area contributed by atoms with E-state index in [-0.39, 0.29) is 0 Å². The van der Waals surface area contributed by atoms with Crippen LogP contribution in [0.1, 0.15) is 33.3 Å². The molecule has 148 valence electrons. The third-order valence-corrected chi connectivity index (χ3v) is 3.56. The van der Waals surface area contributed by atoms with E-state index in [9.17, 15) is 5.11 Å². The molecule has 0 radical (unpaired) electrons. The van der Waals surface area contributed by atoms with Crippen LogP contribution in [-0.4, -0.2) is 62.0 Å². The van der Waals surface area contributed by atoms with E-state index in [2.05, 4.69) is 36.3 Å². The van der Waals surface area contributed by atoms with Gasteiger partial charge in [-0.3, -0.25) is 4.99 Å². The lowest BCUT2D eigenvalue weighted by atomic mass is 10.2. The molecule has 0 aliphatic heterocycles. The highest BCUT2D eigenvalue weighted by Gasteiger charge is 2.09. The molecule has 0 spiro atoms. The van der Waals surface area contributed by atoms with Crippen molar-refractivity contribution in [3.63, 3.8) is 0 Å². The van der Waals surface area contributed by atoms with Crippen molar-refractivity contribution >= 4 is 5.96 Å². The largest absolute Gasteiger partial charge is 0.494 e. The molecule has 0 saturated heterocycles. The first-order chi connectivity index (χ1) is 12.5. The van der Waals surface area contributed by atoms with Crippen LogP contribution in [0.15, 0.2) is 29.3 Å². The second-order valence-electron chi connectivity index (χ2n) is 6.71. The van der Waals surface area contributed by atoms with Gasteiger partial charge in [0.05, 0.1) is 25.9 Å². The van der Waals surface area contributed by atoms with Gasteiger partial charge in [0.25, 0.3) is 0 Å². The average Bonchev–Trinajstić information content (AvgIpc) is 2.60. The van der Waals surface area contributed by atoms with Crippen LogP contribution in [0.4, 0.5) is 0 Å². The molecule has 6 heteroatoms. The number of benzene rings is 1. The van der Waals surface area contributed by atoms with Crippen LogP contribution in [0.3, 0.4) is 0 Å². The van der Waals surface area contributed by atoms with Crippen molar-refractivity contribution in [2.45, 2.75) is 40.3 Å². The number of ether oxygens (including phenoxy) is 2. The normalized spacial score (nSPS) is 13.0. The average molecular weight is 366 g/mol. The Morgan fingerprint density at radius 3 is 2.46 bits per heavy atom. The summed E-state index contributed by atoms with van der Waals surface area (Å²) in [6, 6.07) is 8.07. The van der Waals surface area contributed by atoms with E-state index in [4.69, 9.17) is 9.47 Å². The van der Waals surface area contributed by atoms with Gasteiger partial charge in [-0.2, -0.15) is 0 Å². The summed E-state index contributed by atoms with van der Waals surface area (Å²) >= 11 is 0. The van der Waals surface area contributed by atoms with Gasteiger partial charge < -0.3 is 24.8 Å². The van der Waals surface area contributed by atoms with Crippen molar-refractivity contribution in [2.24, 2.45) is 10.9 Å². The molecule has 26 heavy (non-hydrogen) atoms. The maximum atomic E-state index is 10.0. The molecule has 1 aromatic carbocycles. The van der Waals surface area contributed by atoms with E-state index in [1.165, 1.54) is 5.56 Å². The minimum atomic E-state index is -0.596.